The van der Waals surface area contributed by atoms with Crippen LogP contribution in [-0.4, -0.2) is 5.11 Å². The zero-order chi connectivity index (χ0) is 23.0. The molecule has 0 saturated carbocycles. The molecule has 3 rings (SSSR count). The Morgan fingerprint density at radius 2 is 1.32 bits per heavy atom. The lowest BCUT2D eigenvalue weighted by atomic mass is 10.00. The Labute approximate surface area is 177 Å². The first-order chi connectivity index (χ1) is 14.6. The van der Waals surface area contributed by atoms with Crippen molar-refractivity contribution in [3.8, 4) is 11.1 Å². The molecule has 3 aromatic rings. The maximum absolute atomic E-state index is 13.7. The van der Waals surface area contributed by atoms with Gasteiger partial charge in [-0.25, -0.2) is 17.6 Å². The number of hydrogen-bond donors (Lipinski definition) is 1. The topological polar surface area (TPSA) is 20.2 Å². The zero-order valence-corrected chi connectivity index (χ0v) is 16.8. The number of hydrogen-bond acceptors (Lipinski definition) is 1. The van der Waals surface area contributed by atoms with E-state index in [0.717, 1.165) is 48.7 Å². The predicted octanol–water partition coefficient (Wildman–Crippen LogP) is 7.37. The van der Waals surface area contributed by atoms with Gasteiger partial charge in [0.05, 0.1) is 5.56 Å². The SMILES string of the molecule is CCCCCc1ccc(-c2ccc(C(O)(F)F)c(F)c2)cc1.Fc1cccc(F)c1F. The molecule has 0 radical (unpaired) electrons. The van der Waals surface area contributed by atoms with Gasteiger partial charge in [-0.15, -0.1) is 0 Å². The summed E-state index contributed by atoms with van der Waals surface area (Å²) in [6.45, 7) is 2.15. The molecule has 0 heterocycles. The van der Waals surface area contributed by atoms with Crippen molar-refractivity contribution in [2.45, 2.75) is 38.7 Å². The monoisotopic (exact) mass is 440 g/mol. The first-order valence-corrected chi connectivity index (χ1v) is 9.72. The molecule has 0 unspecified atom stereocenters. The van der Waals surface area contributed by atoms with E-state index in [4.69, 9.17) is 5.11 Å². The van der Waals surface area contributed by atoms with Crippen molar-refractivity contribution in [1.29, 1.82) is 0 Å². The van der Waals surface area contributed by atoms with E-state index >= 15 is 0 Å². The second kappa shape index (κ2) is 11.0. The molecule has 0 fully saturated rings. The summed E-state index contributed by atoms with van der Waals surface area (Å²) < 4.78 is 75.1. The van der Waals surface area contributed by atoms with Gasteiger partial charge in [-0.1, -0.05) is 56.2 Å². The Hall–Kier alpha value is -2.80. The second-order valence-electron chi connectivity index (χ2n) is 6.93. The molecule has 1 nitrogen and oxygen atoms in total. The van der Waals surface area contributed by atoms with Crippen molar-refractivity contribution in [1.82, 2.24) is 0 Å². The van der Waals surface area contributed by atoms with Crippen molar-refractivity contribution < 1.29 is 31.4 Å². The smallest absolute Gasteiger partial charge is 0.332 e. The highest BCUT2D eigenvalue weighted by Crippen LogP contribution is 2.30. The predicted molar refractivity (Wildman–Crippen MR) is 107 cm³/mol. The zero-order valence-electron chi connectivity index (χ0n) is 16.8. The molecule has 0 saturated heterocycles. The Kier molecular flexibility index (Phi) is 8.68. The fourth-order valence-electron chi connectivity index (χ4n) is 2.86. The lowest BCUT2D eigenvalue weighted by molar-refractivity contribution is -0.210. The average molecular weight is 440 g/mol. The van der Waals surface area contributed by atoms with Gasteiger partial charge < -0.3 is 5.11 Å². The van der Waals surface area contributed by atoms with Crippen LogP contribution in [0.15, 0.2) is 60.7 Å². The van der Waals surface area contributed by atoms with Crippen molar-refractivity contribution >= 4 is 0 Å². The van der Waals surface area contributed by atoms with Gasteiger partial charge in [-0.2, -0.15) is 8.78 Å². The summed E-state index contributed by atoms with van der Waals surface area (Å²) in [6, 6.07) is 13.8. The normalized spacial score (nSPS) is 11.1. The third-order valence-corrected chi connectivity index (χ3v) is 4.55. The van der Waals surface area contributed by atoms with E-state index in [2.05, 4.69) is 6.92 Å². The maximum atomic E-state index is 13.7. The van der Waals surface area contributed by atoms with E-state index in [0.29, 0.717) is 5.56 Å². The highest BCUT2D eigenvalue weighted by atomic mass is 19.3. The van der Waals surface area contributed by atoms with Gasteiger partial charge >= 0.3 is 6.11 Å². The van der Waals surface area contributed by atoms with Crippen molar-refractivity contribution in [3.63, 3.8) is 0 Å². The molecular weight excluding hydrogens is 418 g/mol. The Morgan fingerprint density at radius 1 is 0.742 bits per heavy atom. The van der Waals surface area contributed by atoms with Gasteiger partial charge in [-0.05, 0) is 53.8 Å². The number of alkyl halides is 2. The molecule has 0 amide bonds. The lowest BCUT2D eigenvalue weighted by Gasteiger charge is -2.11. The average Bonchev–Trinajstić information content (AvgIpc) is 2.72. The molecule has 0 aliphatic carbocycles. The van der Waals surface area contributed by atoms with Gasteiger partial charge in [0.2, 0.25) is 0 Å². The molecule has 0 spiro atoms. The van der Waals surface area contributed by atoms with Gasteiger partial charge in [0, 0.05) is 0 Å². The molecule has 0 aromatic heterocycles. The maximum Gasteiger partial charge on any atom is 0.383 e. The highest BCUT2D eigenvalue weighted by molar-refractivity contribution is 5.64. The van der Waals surface area contributed by atoms with Gasteiger partial charge in [0.15, 0.2) is 17.5 Å². The fourth-order valence-corrected chi connectivity index (χ4v) is 2.86. The molecule has 0 aliphatic rings. The van der Waals surface area contributed by atoms with E-state index in [1.807, 2.05) is 24.3 Å². The van der Waals surface area contributed by atoms with Crippen LogP contribution in [0.1, 0.15) is 37.3 Å². The fraction of sp³-hybridized carbons (Fsp3) is 0.250. The second-order valence-corrected chi connectivity index (χ2v) is 6.93. The number of rotatable bonds is 6. The van der Waals surface area contributed by atoms with Gasteiger partial charge in [0.1, 0.15) is 5.82 Å². The van der Waals surface area contributed by atoms with Gasteiger partial charge in [0.25, 0.3) is 0 Å². The minimum Gasteiger partial charge on any atom is -0.332 e. The first-order valence-electron chi connectivity index (χ1n) is 9.72. The molecule has 7 heteroatoms. The standard InChI is InChI=1S/C18H19F3O.C6H3F3/c1-2-3-4-5-13-6-8-14(9-7-13)15-10-11-16(17(19)12-15)18(20,21)22;7-4-2-1-3-5(8)6(4)9/h6-12,22H,2-5H2,1H3;1-3H. The number of aryl methyl sites for hydroxylation is 1. The number of benzene rings is 3. The molecule has 1 N–H and O–H groups in total. The van der Waals surface area contributed by atoms with E-state index in [1.54, 1.807) is 0 Å². The Morgan fingerprint density at radius 3 is 1.81 bits per heavy atom. The third kappa shape index (κ3) is 7.14. The number of unbranched alkanes of at least 4 members (excludes halogenated alkanes) is 2. The van der Waals surface area contributed by atoms with E-state index in [1.165, 1.54) is 24.5 Å². The summed E-state index contributed by atoms with van der Waals surface area (Å²) in [5, 5.41) is 8.60. The molecule has 3 aromatic carbocycles. The molecule has 0 bridgehead atoms. The van der Waals surface area contributed by atoms with Crippen LogP contribution in [0.4, 0.5) is 26.3 Å². The van der Waals surface area contributed by atoms with Crippen LogP contribution in [0.3, 0.4) is 0 Å². The third-order valence-electron chi connectivity index (χ3n) is 4.55. The van der Waals surface area contributed by atoms with Crippen molar-refractivity contribution in [2.24, 2.45) is 0 Å². The number of aliphatic hydroxyl groups is 1. The summed E-state index contributed by atoms with van der Waals surface area (Å²) in [5.74, 6) is -4.85. The first kappa shape index (κ1) is 24.5. The van der Waals surface area contributed by atoms with Crippen molar-refractivity contribution in [2.75, 3.05) is 0 Å². The Balaban J connectivity index is 0.000000316. The quantitative estimate of drug-likeness (QED) is 0.241. The van der Waals surface area contributed by atoms with Crippen LogP contribution < -0.4 is 0 Å². The van der Waals surface area contributed by atoms with Crippen LogP contribution in [0.5, 0.6) is 0 Å². The van der Waals surface area contributed by atoms with Crippen LogP contribution >= 0.6 is 0 Å². The summed E-state index contributed by atoms with van der Waals surface area (Å²) in [6.07, 6.45) is 0.317. The largest absolute Gasteiger partial charge is 0.383 e. The number of halogens is 6. The van der Waals surface area contributed by atoms with E-state index < -0.39 is 34.9 Å². The van der Waals surface area contributed by atoms with Crippen molar-refractivity contribution in [3.05, 3.63) is 95.1 Å². The van der Waals surface area contributed by atoms with Crippen LogP contribution in [0, 0.1) is 23.3 Å². The van der Waals surface area contributed by atoms with E-state index in [9.17, 15) is 26.3 Å². The Bertz CT molecular complexity index is 960. The summed E-state index contributed by atoms with van der Waals surface area (Å²) in [4.78, 5) is 0. The summed E-state index contributed by atoms with van der Waals surface area (Å²) in [5.41, 5.74) is 1.46. The molecule has 0 aliphatic heterocycles. The highest BCUT2D eigenvalue weighted by Gasteiger charge is 2.31. The minimum atomic E-state index is -4.16. The van der Waals surface area contributed by atoms with Crippen LogP contribution in [-0.2, 0) is 12.5 Å². The van der Waals surface area contributed by atoms with Crippen LogP contribution in [0.2, 0.25) is 0 Å². The van der Waals surface area contributed by atoms with Crippen LogP contribution in [0.25, 0.3) is 11.1 Å². The molecule has 31 heavy (non-hydrogen) atoms. The molecule has 166 valence electrons. The molecule has 0 atom stereocenters. The van der Waals surface area contributed by atoms with Gasteiger partial charge in [-0.3, -0.25) is 0 Å². The minimum absolute atomic E-state index is 0.505. The summed E-state index contributed by atoms with van der Waals surface area (Å²) >= 11 is 0. The van der Waals surface area contributed by atoms with E-state index in [-0.39, 0.29) is 0 Å². The lowest BCUT2D eigenvalue weighted by Crippen LogP contribution is -2.13. The summed E-state index contributed by atoms with van der Waals surface area (Å²) in [7, 11) is 0. The molecular formula is C24H22F6O.